The van der Waals surface area contributed by atoms with Gasteiger partial charge >= 0.3 is 12.0 Å². The molecule has 2 unspecified atom stereocenters. The van der Waals surface area contributed by atoms with Crippen molar-refractivity contribution < 1.29 is 14.7 Å². The van der Waals surface area contributed by atoms with E-state index < -0.39 is 12.0 Å². The molecular formula is C12H22N2O3. The van der Waals surface area contributed by atoms with Gasteiger partial charge in [-0.3, -0.25) is 0 Å². The van der Waals surface area contributed by atoms with Crippen molar-refractivity contribution in [2.24, 2.45) is 5.92 Å². The zero-order valence-corrected chi connectivity index (χ0v) is 10.8. The Kier molecular flexibility index (Phi) is 4.78. The molecule has 1 saturated carbocycles. The average Bonchev–Trinajstić information content (AvgIpc) is 3.08. The van der Waals surface area contributed by atoms with Gasteiger partial charge in [0.15, 0.2) is 0 Å². The normalized spacial score (nSPS) is 18.3. The zero-order chi connectivity index (χ0) is 13.0. The Morgan fingerprint density at radius 1 is 1.47 bits per heavy atom. The molecular weight excluding hydrogens is 220 g/mol. The van der Waals surface area contributed by atoms with E-state index in [9.17, 15) is 9.59 Å². The molecule has 17 heavy (non-hydrogen) atoms. The molecule has 2 atom stereocenters. The molecule has 1 aliphatic rings. The van der Waals surface area contributed by atoms with Crippen molar-refractivity contribution in [1.82, 2.24) is 10.2 Å². The fourth-order valence-electron chi connectivity index (χ4n) is 1.86. The molecule has 1 rings (SSSR count). The monoisotopic (exact) mass is 242 g/mol. The number of nitrogens with zero attached hydrogens (tertiary/aromatic N) is 1. The van der Waals surface area contributed by atoms with E-state index in [2.05, 4.69) is 12.2 Å². The second kappa shape index (κ2) is 5.89. The molecule has 0 aromatic carbocycles. The van der Waals surface area contributed by atoms with Crippen LogP contribution < -0.4 is 5.32 Å². The third-order valence-electron chi connectivity index (χ3n) is 3.33. The van der Waals surface area contributed by atoms with Gasteiger partial charge in [-0.25, -0.2) is 9.59 Å². The smallest absolute Gasteiger partial charge is 0.326 e. The molecule has 0 radical (unpaired) electrons. The Morgan fingerprint density at radius 2 is 2.06 bits per heavy atom. The minimum atomic E-state index is -0.933. The van der Waals surface area contributed by atoms with Gasteiger partial charge in [-0.2, -0.15) is 0 Å². The lowest BCUT2D eigenvalue weighted by Gasteiger charge is -2.26. The molecule has 0 heterocycles. The minimum Gasteiger partial charge on any atom is -0.480 e. The van der Waals surface area contributed by atoms with Crippen molar-refractivity contribution in [1.29, 1.82) is 0 Å². The first kappa shape index (κ1) is 13.8. The number of carboxylic acid groups (broad SMARTS) is 1. The molecule has 5 heteroatoms. The maximum absolute atomic E-state index is 11.9. The van der Waals surface area contributed by atoms with E-state index >= 15 is 0 Å². The summed E-state index contributed by atoms with van der Waals surface area (Å²) in [5.41, 5.74) is 0. The summed E-state index contributed by atoms with van der Waals surface area (Å²) in [6.07, 6.45) is 3.71. The molecule has 1 fully saturated rings. The summed E-state index contributed by atoms with van der Waals surface area (Å²) in [7, 11) is 1.71. The summed E-state index contributed by atoms with van der Waals surface area (Å²) < 4.78 is 0. The fraction of sp³-hybridized carbons (Fsp3) is 0.833. The predicted molar refractivity (Wildman–Crippen MR) is 64.8 cm³/mol. The largest absolute Gasteiger partial charge is 0.480 e. The molecule has 0 aromatic heterocycles. The van der Waals surface area contributed by atoms with Crippen molar-refractivity contribution in [3.8, 4) is 0 Å². The van der Waals surface area contributed by atoms with Crippen LogP contribution in [0, 0.1) is 5.92 Å². The van der Waals surface area contributed by atoms with E-state index in [4.69, 9.17) is 5.11 Å². The Hall–Kier alpha value is -1.26. The first-order chi connectivity index (χ1) is 7.97. The summed E-state index contributed by atoms with van der Waals surface area (Å²) in [5, 5.41) is 11.6. The van der Waals surface area contributed by atoms with Crippen molar-refractivity contribution in [3.05, 3.63) is 0 Å². The Balaban J connectivity index is 2.48. The first-order valence-electron chi connectivity index (χ1n) is 6.23. The molecule has 5 nitrogen and oxygen atoms in total. The standard InChI is InChI=1S/C12H22N2O3/c1-4-5-8(2)14(3)12(17)13-10(11(15)16)9-6-7-9/h8-10H,4-7H2,1-3H3,(H,13,17)(H,15,16). The van der Waals surface area contributed by atoms with E-state index in [0.29, 0.717) is 0 Å². The van der Waals surface area contributed by atoms with Gasteiger partial charge in [-0.05, 0) is 32.1 Å². The molecule has 0 aliphatic heterocycles. The summed E-state index contributed by atoms with van der Waals surface area (Å²) in [4.78, 5) is 24.4. The minimum absolute atomic E-state index is 0.117. The Bertz CT molecular complexity index is 289. The van der Waals surface area contributed by atoms with Crippen LogP contribution in [0.15, 0.2) is 0 Å². The van der Waals surface area contributed by atoms with Gasteiger partial charge in [0.1, 0.15) is 6.04 Å². The lowest BCUT2D eigenvalue weighted by molar-refractivity contribution is -0.139. The number of carbonyl (C=O) groups is 2. The molecule has 98 valence electrons. The van der Waals surface area contributed by atoms with Crippen LogP contribution in [0.2, 0.25) is 0 Å². The summed E-state index contributed by atoms with van der Waals surface area (Å²) >= 11 is 0. The number of amides is 2. The highest BCUT2D eigenvalue weighted by Gasteiger charge is 2.37. The molecule has 0 saturated heterocycles. The maximum atomic E-state index is 11.9. The lowest BCUT2D eigenvalue weighted by Crippen LogP contribution is -2.50. The van der Waals surface area contributed by atoms with Gasteiger partial charge in [-0.15, -0.1) is 0 Å². The van der Waals surface area contributed by atoms with E-state index in [1.807, 2.05) is 6.92 Å². The lowest BCUT2D eigenvalue weighted by atomic mass is 10.1. The van der Waals surface area contributed by atoms with Crippen molar-refractivity contribution in [2.75, 3.05) is 7.05 Å². The van der Waals surface area contributed by atoms with Gasteiger partial charge in [0.2, 0.25) is 0 Å². The second-order valence-corrected chi connectivity index (χ2v) is 4.85. The molecule has 0 spiro atoms. The quantitative estimate of drug-likeness (QED) is 0.744. The third-order valence-corrected chi connectivity index (χ3v) is 3.33. The number of nitrogens with one attached hydrogen (secondary N) is 1. The number of aliphatic carboxylic acids is 1. The second-order valence-electron chi connectivity index (χ2n) is 4.85. The van der Waals surface area contributed by atoms with Crippen LogP contribution in [0.4, 0.5) is 4.79 Å². The predicted octanol–water partition coefficient (Wildman–Crippen LogP) is 1.68. The van der Waals surface area contributed by atoms with E-state index in [0.717, 1.165) is 25.7 Å². The highest BCUT2D eigenvalue weighted by molar-refractivity contribution is 5.83. The number of urea groups is 1. The van der Waals surface area contributed by atoms with Gasteiger partial charge in [0, 0.05) is 13.1 Å². The zero-order valence-electron chi connectivity index (χ0n) is 10.8. The number of carboxylic acids is 1. The van der Waals surface area contributed by atoms with Gasteiger partial charge in [-0.1, -0.05) is 13.3 Å². The number of rotatable bonds is 6. The van der Waals surface area contributed by atoms with Crippen LogP contribution in [0.1, 0.15) is 39.5 Å². The van der Waals surface area contributed by atoms with E-state index in [1.54, 1.807) is 11.9 Å². The van der Waals surface area contributed by atoms with Crippen molar-refractivity contribution in [2.45, 2.75) is 51.6 Å². The summed E-state index contributed by atoms with van der Waals surface area (Å²) in [5.74, 6) is -0.816. The fourth-order valence-corrected chi connectivity index (χ4v) is 1.86. The Labute approximate surface area is 102 Å². The molecule has 0 bridgehead atoms. The highest BCUT2D eigenvalue weighted by Crippen LogP contribution is 2.32. The maximum Gasteiger partial charge on any atom is 0.326 e. The average molecular weight is 242 g/mol. The first-order valence-corrected chi connectivity index (χ1v) is 6.23. The van der Waals surface area contributed by atoms with Crippen LogP contribution in [-0.4, -0.2) is 41.1 Å². The summed E-state index contributed by atoms with van der Waals surface area (Å²) in [6.45, 7) is 4.03. The number of hydrogen-bond donors (Lipinski definition) is 2. The van der Waals surface area contributed by atoms with E-state index in [-0.39, 0.29) is 18.0 Å². The third kappa shape index (κ3) is 3.91. The van der Waals surface area contributed by atoms with Gasteiger partial charge < -0.3 is 15.3 Å². The van der Waals surface area contributed by atoms with Crippen molar-refractivity contribution >= 4 is 12.0 Å². The molecule has 0 aromatic rings. The number of hydrogen-bond acceptors (Lipinski definition) is 2. The van der Waals surface area contributed by atoms with Crippen LogP contribution in [0.5, 0.6) is 0 Å². The topological polar surface area (TPSA) is 69.6 Å². The molecule has 1 aliphatic carbocycles. The van der Waals surface area contributed by atoms with Gasteiger partial charge in [0.05, 0.1) is 0 Å². The highest BCUT2D eigenvalue weighted by atomic mass is 16.4. The summed E-state index contributed by atoms with van der Waals surface area (Å²) in [6, 6.07) is -0.877. The number of carbonyl (C=O) groups excluding carboxylic acids is 1. The van der Waals surface area contributed by atoms with E-state index in [1.165, 1.54) is 0 Å². The van der Waals surface area contributed by atoms with Gasteiger partial charge in [0.25, 0.3) is 0 Å². The Morgan fingerprint density at radius 3 is 2.47 bits per heavy atom. The molecule has 2 N–H and O–H groups in total. The molecule has 2 amide bonds. The van der Waals surface area contributed by atoms with Crippen molar-refractivity contribution in [3.63, 3.8) is 0 Å². The van der Waals surface area contributed by atoms with Crippen LogP contribution >= 0.6 is 0 Å². The van der Waals surface area contributed by atoms with Crippen LogP contribution in [-0.2, 0) is 4.79 Å². The van der Waals surface area contributed by atoms with Crippen LogP contribution in [0.25, 0.3) is 0 Å². The SMILES string of the molecule is CCCC(C)N(C)C(=O)NC(C(=O)O)C1CC1. The van der Waals surface area contributed by atoms with Crippen LogP contribution in [0.3, 0.4) is 0 Å².